The molecule has 1 heterocycles. The molecule has 0 aromatic rings. The van der Waals surface area contributed by atoms with Gasteiger partial charge in [-0.3, -0.25) is 10.1 Å². The van der Waals surface area contributed by atoms with Crippen molar-refractivity contribution in [2.75, 3.05) is 12.8 Å². The quantitative estimate of drug-likeness (QED) is 0.745. The van der Waals surface area contributed by atoms with Gasteiger partial charge in [0.15, 0.2) is 0 Å². The fourth-order valence-corrected chi connectivity index (χ4v) is 3.90. The Labute approximate surface area is 129 Å². The Morgan fingerprint density at radius 1 is 1.30 bits per heavy atom. The summed E-state index contributed by atoms with van der Waals surface area (Å²) in [5.41, 5.74) is 0. The summed E-state index contributed by atoms with van der Waals surface area (Å²) in [6.07, 6.45) is 6.54. The van der Waals surface area contributed by atoms with E-state index in [9.17, 15) is 4.79 Å². The Bertz CT molecular complexity index is 307. The molecule has 0 radical (unpaired) electrons. The molecule has 0 aliphatic carbocycles. The normalized spacial score (nSPS) is 23.9. The molecule has 0 aromatic carbocycles. The molecule has 0 saturated carbocycles. The number of carbonyl (C=O) groups is 1. The van der Waals surface area contributed by atoms with E-state index in [2.05, 4.69) is 51.1 Å². The molecule has 1 aliphatic heterocycles. The highest BCUT2D eigenvalue weighted by atomic mass is 32.2. The third-order valence-electron chi connectivity index (χ3n) is 4.62. The van der Waals surface area contributed by atoms with E-state index in [0.29, 0.717) is 11.8 Å². The molecule has 1 rings (SSSR count). The molecule has 1 amide bonds. The molecule has 0 spiro atoms. The SMILES string of the molecule is CCC1NC(CC(C)C)C(=O)N1CC(CC)(CC)SC. The van der Waals surface area contributed by atoms with Crippen LogP contribution in [0.15, 0.2) is 0 Å². The van der Waals surface area contributed by atoms with Gasteiger partial charge in [0.25, 0.3) is 0 Å². The fraction of sp³-hybridized carbons (Fsp3) is 0.938. The zero-order valence-corrected chi connectivity index (χ0v) is 14.8. The Morgan fingerprint density at radius 3 is 2.30 bits per heavy atom. The maximum atomic E-state index is 12.7. The first kappa shape index (κ1) is 17.8. The van der Waals surface area contributed by atoms with E-state index in [1.54, 1.807) is 0 Å². The minimum absolute atomic E-state index is 0.0215. The van der Waals surface area contributed by atoms with Crippen LogP contribution in [0.5, 0.6) is 0 Å². The highest BCUT2D eigenvalue weighted by Crippen LogP contribution is 2.33. The molecule has 1 saturated heterocycles. The number of amides is 1. The topological polar surface area (TPSA) is 32.3 Å². The molecule has 2 unspecified atom stereocenters. The lowest BCUT2D eigenvalue weighted by Crippen LogP contribution is -2.46. The van der Waals surface area contributed by atoms with Crippen molar-refractivity contribution in [3.05, 3.63) is 0 Å². The number of carbonyl (C=O) groups excluding carboxylic acids is 1. The number of thioether (sulfide) groups is 1. The second-order valence-corrected chi connectivity index (χ2v) is 7.61. The van der Waals surface area contributed by atoms with Gasteiger partial charge in [0.2, 0.25) is 5.91 Å². The fourth-order valence-electron chi connectivity index (χ4n) is 3.05. The molecule has 1 fully saturated rings. The highest BCUT2D eigenvalue weighted by molar-refractivity contribution is 8.00. The standard InChI is InChI=1S/C16H32N2OS/c1-7-14-17-13(10-12(4)5)15(19)18(14)11-16(8-2,9-3)20-6/h12-14,17H,7-11H2,1-6H3. The highest BCUT2D eigenvalue weighted by Gasteiger charge is 2.41. The number of rotatable bonds is 8. The van der Waals surface area contributed by atoms with Crippen LogP contribution in [0.25, 0.3) is 0 Å². The minimum Gasteiger partial charge on any atom is -0.324 e. The molecular formula is C16H32N2OS. The summed E-state index contributed by atoms with van der Waals surface area (Å²) in [6, 6.07) is 0.0215. The summed E-state index contributed by atoms with van der Waals surface area (Å²) in [7, 11) is 0. The van der Waals surface area contributed by atoms with Crippen molar-refractivity contribution in [3.63, 3.8) is 0 Å². The second-order valence-electron chi connectivity index (χ2n) is 6.33. The van der Waals surface area contributed by atoms with Gasteiger partial charge < -0.3 is 4.90 Å². The Hall–Kier alpha value is -0.220. The molecule has 20 heavy (non-hydrogen) atoms. The number of hydrogen-bond acceptors (Lipinski definition) is 3. The third-order valence-corrected chi connectivity index (χ3v) is 6.20. The van der Waals surface area contributed by atoms with E-state index in [1.165, 1.54) is 0 Å². The summed E-state index contributed by atoms with van der Waals surface area (Å²) in [5, 5.41) is 3.53. The van der Waals surface area contributed by atoms with E-state index < -0.39 is 0 Å². The van der Waals surface area contributed by atoms with Crippen LogP contribution in [-0.2, 0) is 4.79 Å². The van der Waals surface area contributed by atoms with Crippen molar-refractivity contribution < 1.29 is 4.79 Å². The summed E-state index contributed by atoms with van der Waals surface area (Å²) in [5.74, 6) is 0.863. The van der Waals surface area contributed by atoms with Gasteiger partial charge in [0.1, 0.15) is 0 Å². The first-order chi connectivity index (χ1) is 9.42. The predicted octanol–water partition coefficient (Wildman–Crippen LogP) is 3.49. The molecule has 1 aliphatic rings. The second kappa shape index (κ2) is 7.69. The van der Waals surface area contributed by atoms with Gasteiger partial charge in [-0.1, -0.05) is 34.6 Å². The summed E-state index contributed by atoms with van der Waals surface area (Å²) < 4.78 is 0.206. The summed E-state index contributed by atoms with van der Waals surface area (Å²) in [6.45, 7) is 11.9. The molecule has 0 bridgehead atoms. The monoisotopic (exact) mass is 300 g/mol. The van der Waals surface area contributed by atoms with Gasteiger partial charge in [-0.05, 0) is 37.9 Å². The van der Waals surface area contributed by atoms with Gasteiger partial charge >= 0.3 is 0 Å². The van der Waals surface area contributed by atoms with Gasteiger partial charge in [-0.2, -0.15) is 11.8 Å². The molecule has 4 heteroatoms. The van der Waals surface area contributed by atoms with Gasteiger partial charge in [0.05, 0.1) is 12.2 Å². The van der Waals surface area contributed by atoms with E-state index in [4.69, 9.17) is 0 Å². The minimum atomic E-state index is 0.0215. The third kappa shape index (κ3) is 3.91. The number of hydrogen-bond donors (Lipinski definition) is 1. The molecule has 3 nitrogen and oxygen atoms in total. The number of nitrogens with one attached hydrogen (secondary N) is 1. The van der Waals surface area contributed by atoms with Crippen LogP contribution in [0.2, 0.25) is 0 Å². The predicted molar refractivity (Wildman–Crippen MR) is 89.0 cm³/mol. The lowest BCUT2D eigenvalue weighted by molar-refractivity contribution is -0.130. The average molecular weight is 301 g/mol. The molecule has 118 valence electrons. The summed E-state index contributed by atoms with van der Waals surface area (Å²) >= 11 is 1.91. The molecule has 2 atom stereocenters. The van der Waals surface area contributed by atoms with Crippen LogP contribution < -0.4 is 5.32 Å². The zero-order chi connectivity index (χ0) is 15.3. The molecule has 1 N–H and O–H groups in total. The average Bonchev–Trinajstić information content (AvgIpc) is 2.72. The van der Waals surface area contributed by atoms with Gasteiger partial charge in [-0.15, -0.1) is 0 Å². The Kier molecular flexibility index (Phi) is 6.86. The zero-order valence-electron chi connectivity index (χ0n) is 14.0. The number of nitrogens with zero attached hydrogens (tertiary/aromatic N) is 1. The van der Waals surface area contributed by atoms with Crippen molar-refractivity contribution in [3.8, 4) is 0 Å². The van der Waals surface area contributed by atoms with Crippen LogP contribution in [0.1, 0.15) is 60.3 Å². The summed E-state index contributed by atoms with van der Waals surface area (Å²) in [4.78, 5) is 14.8. The first-order valence-corrected chi connectivity index (χ1v) is 9.27. The van der Waals surface area contributed by atoms with Crippen LogP contribution in [-0.4, -0.2) is 40.6 Å². The van der Waals surface area contributed by atoms with Gasteiger partial charge in [-0.25, -0.2) is 0 Å². The lowest BCUT2D eigenvalue weighted by Gasteiger charge is -2.36. The van der Waals surface area contributed by atoms with Gasteiger partial charge in [0, 0.05) is 11.3 Å². The van der Waals surface area contributed by atoms with E-state index in [0.717, 1.165) is 32.2 Å². The van der Waals surface area contributed by atoms with E-state index in [-0.39, 0.29) is 17.0 Å². The smallest absolute Gasteiger partial charge is 0.241 e. The molecular weight excluding hydrogens is 268 g/mol. The van der Waals surface area contributed by atoms with E-state index in [1.807, 2.05) is 11.8 Å². The Balaban J connectivity index is 2.83. The van der Waals surface area contributed by atoms with Crippen LogP contribution >= 0.6 is 11.8 Å². The van der Waals surface area contributed by atoms with Crippen molar-refractivity contribution in [1.29, 1.82) is 0 Å². The van der Waals surface area contributed by atoms with E-state index >= 15 is 0 Å². The van der Waals surface area contributed by atoms with Crippen molar-refractivity contribution in [2.24, 2.45) is 5.92 Å². The first-order valence-electron chi connectivity index (χ1n) is 8.04. The molecule has 0 aromatic heterocycles. The van der Waals surface area contributed by atoms with Crippen LogP contribution in [0.3, 0.4) is 0 Å². The van der Waals surface area contributed by atoms with Crippen molar-refractivity contribution >= 4 is 17.7 Å². The van der Waals surface area contributed by atoms with Crippen LogP contribution in [0.4, 0.5) is 0 Å². The lowest BCUT2D eigenvalue weighted by atomic mass is 10.0. The van der Waals surface area contributed by atoms with Crippen molar-refractivity contribution in [1.82, 2.24) is 10.2 Å². The maximum absolute atomic E-state index is 12.7. The Morgan fingerprint density at radius 2 is 1.90 bits per heavy atom. The van der Waals surface area contributed by atoms with Crippen molar-refractivity contribution in [2.45, 2.75) is 77.3 Å². The van der Waals surface area contributed by atoms with Crippen LogP contribution in [0, 0.1) is 5.92 Å². The maximum Gasteiger partial charge on any atom is 0.241 e. The largest absolute Gasteiger partial charge is 0.324 e.